The average Bonchev–Trinajstić information content (AvgIpc) is 2.31. The first-order valence-electron chi connectivity index (χ1n) is 4.96. The highest BCUT2D eigenvalue weighted by Crippen LogP contribution is 2.20. The van der Waals surface area contributed by atoms with Crippen LogP contribution in [0.2, 0.25) is 5.15 Å². The highest BCUT2D eigenvalue weighted by Gasteiger charge is 2.10. The number of aromatic nitrogens is 2. The number of rotatable bonds is 4. The molecule has 0 fully saturated rings. The molecule has 80 valence electrons. The van der Waals surface area contributed by atoms with Gasteiger partial charge >= 0.3 is 0 Å². The summed E-state index contributed by atoms with van der Waals surface area (Å²) in [4.78, 5) is 0. The molecule has 0 radical (unpaired) electrons. The van der Waals surface area contributed by atoms with Crippen molar-refractivity contribution in [1.29, 1.82) is 0 Å². The number of halogens is 1. The minimum Gasteiger partial charge on any atom is -0.328 e. The Kier molecular flexibility index (Phi) is 3.96. The summed E-state index contributed by atoms with van der Waals surface area (Å²) >= 11 is 6.10. The van der Waals surface area contributed by atoms with Crippen molar-refractivity contribution in [3.05, 3.63) is 16.4 Å². The minimum absolute atomic E-state index is 0.269. The highest BCUT2D eigenvalue weighted by atomic mass is 35.5. The van der Waals surface area contributed by atoms with E-state index in [4.69, 9.17) is 17.3 Å². The number of hydrogen-bond acceptors (Lipinski definition) is 2. The van der Waals surface area contributed by atoms with Crippen LogP contribution in [-0.2, 0) is 13.5 Å². The van der Waals surface area contributed by atoms with Crippen molar-refractivity contribution in [3.63, 3.8) is 0 Å². The van der Waals surface area contributed by atoms with E-state index in [-0.39, 0.29) is 6.04 Å². The molecule has 0 aliphatic rings. The summed E-state index contributed by atoms with van der Waals surface area (Å²) in [5.41, 5.74) is 7.88. The molecular formula is C10H18ClN3. The van der Waals surface area contributed by atoms with Gasteiger partial charge in [0.2, 0.25) is 0 Å². The maximum atomic E-state index is 6.10. The molecule has 0 aliphatic heterocycles. The summed E-state index contributed by atoms with van der Waals surface area (Å²) in [6.45, 7) is 4.02. The molecule has 1 aromatic heterocycles. The lowest BCUT2D eigenvalue weighted by molar-refractivity contribution is 0.623. The summed E-state index contributed by atoms with van der Waals surface area (Å²) in [5, 5.41) is 5.02. The van der Waals surface area contributed by atoms with E-state index < -0.39 is 0 Å². The van der Waals surface area contributed by atoms with Gasteiger partial charge in [0, 0.05) is 18.7 Å². The lowest BCUT2D eigenvalue weighted by Gasteiger charge is -2.04. The van der Waals surface area contributed by atoms with Crippen LogP contribution in [0, 0.1) is 6.92 Å². The normalized spacial score (nSPS) is 13.2. The van der Waals surface area contributed by atoms with E-state index in [9.17, 15) is 0 Å². The Hall–Kier alpha value is -0.540. The smallest absolute Gasteiger partial charge is 0.130 e. The molecule has 1 rings (SSSR count). The molecule has 3 nitrogen and oxygen atoms in total. The molecule has 0 amide bonds. The van der Waals surface area contributed by atoms with Gasteiger partial charge in [-0.05, 0) is 33.1 Å². The van der Waals surface area contributed by atoms with Gasteiger partial charge in [-0.15, -0.1) is 0 Å². The molecule has 14 heavy (non-hydrogen) atoms. The first-order valence-corrected chi connectivity index (χ1v) is 5.33. The van der Waals surface area contributed by atoms with E-state index in [1.54, 1.807) is 4.68 Å². The molecule has 0 spiro atoms. The zero-order valence-electron chi connectivity index (χ0n) is 9.05. The second kappa shape index (κ2) is 4.80. The predicted molar refractivity (Wildman–Crippen MR) is 59.5 cm³/mol. The number of nitrogens with zero attached hydrogens (tertiary/aromatic N) is 2. The molecule has 2 N–H and O–H groups in total. The largest absolute Gasteiger partial charge is 0.328 e. The average molecular weight is 216 g/mol. The van der Waals surface area contributed by atoms with E-state index in [2.05, 4.69) is 5.10 Å². The fraction of sp³-hybridized carbons (Fsp3) is 0.700. The van der Waals surface area contributed by atoms with Gasteiger partial charge in [0.1, 0.15) is 5.15 Å². The molecule has 1 aromatic rings. The van der Waals surface area contributed by atoms with Gasteiger partial charge < -0.3 is 5.73 Å². The van der Waals surface area contributed by atoms with Crippen molar-refractivity contribution in [2.45, 2.75) is 39.2 Å². The second-order valence-electron chi connectivity index (χ2n) is 3.85. The highest BCUT2D eigenvalue weighted by molar-refractivity contribution is 6.30. The third-order valence-electron chi connectivity index (χ3n) is 2.36. The Bertz CT molecular complexity index is 305. The van der Waals surface area contributed by atoms with E-state index in [1.807, 2.05) is 20.9 Å². The molecule has 1 atom stereocenters. The summed E-state index contributed by atoms with van der Waals surface area (Å²) in [6, 6.07) is 0.269. The zero-order chi connectivity index (χ0) is 10.7. The molecule has 0 aliphatic carbocycles. The molecule has 0 bridgehead atoms. The van der Waals surface area contributed by atoms with Crippen molar-refractivity contribution in [2.75, 3.05) is 0 Å². The minimum atomic E-state index is 0.269. The van der Waals surface area contributed by atoms with Gasteiger partial charge in [0.15, 0.2) is 0 Å². The standard InChI is InChI=1S/C10H18ClN3/c1-7(12)5-4-6-9-8(2)13-14(3)10(9)11/h7H,4-6,12H2,1-3H3. The Morgan fingerprint density at radius 2 is 2.21 bits per heavy atom. The van der Waals surface area contributed by atoms with Crippen LogP contribution in [0.25, 0.3) is 0 Å². The monoisotopic (exact) mass is 215 g/mol. The van der Waals surface area contributed by atoms with Gasteiger partial charge in [-0.3, -0.25) is 4.68 Å². The first kappa shape index (κ1) is 11.5. The van der Waals surface area contributed by atoms with Crippen LogP contribution < -0.4 is 5.73 Å². The summed E-state index contributed by atoms with van der Waals surface area (Å²) in [7, 11) is 1.87. The van der Waals surface area contributed by atoms with Crippen molar-refractivity contribution >= 4 is 11.6 Å². The van der Waals surface area contributed by atoms with Crippen molar-refractivity contribution < 1.29 is 0 Å². The van der Waals surface area contributed by atoms with Crippen LogP contribution in [0.3, 0.4) is 0 Å². The Labute approximate surface area is 90.2 Å². The molecule has 0 aromatic carbocycles. The van der Waals surface area contributed by atoms with E-state index in [0.717, 1.165) is 35.7 Å². The molecule has 1 unspecified atom stereocenters. The van der Waals surface area contributed by atoms with Crippen LogP contribution in [0.4, 0.5) is 0 Å². The number of hydrogen-bond donors (Lipinski definition) is 1. The molecular weight excluding hydrogens is 198 g/mol. The predicted octanol–water partition coefficient (Wildman–Crippen LogP) is 2.05. The van der Waals surface area contributed by atoms with Crippen LogP contribution >= 0.6 is 11.6 Å². The molecule has 0 saturated heterocycles. The van der Waals surface area contributed by atoms with Gasteiger partial charge in [-0.2, -0.15) is 5.10 Å². The van der Waals surface area contributed by atoms with Crippen molar-refractivity contribution in [1.82, 2.24) is 9.78 Å². The van der Waals surface area contributed by atoms with E-state index in [0.29, 0.717) is 0 Å². The summed E-state index contributed by atoms with van der Waals surface area (Å²) in [5.74, 6) is 0. The lowest BCUT2D eigenvalue weighted by Crippen LogP contribution is -2.14. The van der Waals surface area contributed by atoms with Crippen LogP contribution in [0.15, 0.2) is 0 Å². The fourth-order valence-electron chi connectivity index (χ4n) is 1.56. The zero-order valence-corrected chi connectivity index (χ0v) is 9.80. The summed E-state index contributed by atoms with van der Waals surface area (Å²) < 4.78 is 1.72. The van der Waals surface area contributed by atoms with Gasteiger partial charge in [-0.25, -0.2) is 0 Å². The van der Waals surface area contributed by atoms with E-state index >= 15 is 0 Å². The third-order valence-corrected chi connectivity index (χ3v) is 2.83. The Balaban J connectivity index is 2.58. The van der Waals surface area contributed by atoms with Crippen LogP contribution in [0.1, 0.15) is 31.0 Å². The van der Waals surface area contributed by atoms with Crippen molar-refractivity contribution in [2.24, 2.45) is 12.8 Å². The maximum absolute atomic E-state index is 6.10. The topological polar surface area (TPSA) is 43.8 Å². The Morgan fingerprint density at radius 1 is 1.57 bits per heavy atom. The SMILES string of the molecule is Cc1nn(C)c(Cl)c1CCCC(C)N. The lowest BCUT2D eigenvalue weighted by atomic mass is 10.1. The fourth-order valence-corrected chi connectivity index (χ4v) is 1.83. The molecule has 1 heterocycles. The van der Waals surface area contributed by atoms with Crippen LogP contribution in [0.5, 0.6) is 0 Å². The summed E-state index contributed by atoms with van der Waals surface area (Å²) in [6.07, 6.45) is 3.08. The van der Waals surface area contributed by atoms with Gasteiger partial charge in [0.25, 0.3) is 0 Å². The number of aryl methyl sites for hydroxylation is 2. The van der Waals surface area contributed by atoms with Crippen molar-refractivity contribution in [3.8, 4) is 0 Å². The van der Waals surface area contributed by atoms with Crippen LogP contribution in [-0.4, -0.2) is 15.8 Å². The number of nitrogens with two attached hydrogens (primary N) is 1. The third kappa shape index (κ3) is 2.72. The first-order chi connectivity index (χ1) is 6.52. The quantitative estimate of drug-likeness (QED) is 0.836. The maximum Gasteiger partial charge on any atom is 0.130 e. The molecule has 4 heteroatoms. The molecule has 0 saturated carbocycles. The Morgan fingerprint density at radius 3 is 2.64 bits per heavy atom. The van der Waals surface area contributed by atoms with E-state index in [1.165, 1.54) is 0 Å². The van der Waals surface area contributed by atoms with Gasteiger partial charge in [-0.1, -0.05) is 11.6 Å². The second-order valence-corrected chi connectivity index (χ2v) is 4.21. The van der Waals surface area contributed by atoms with Gasteiger partial charge in [0.05, 0.1) is 5.69 Å².